The van der Waals surface area contributed by atoms with Crippen LogP contribution in [0.25, 0.3) is 0 Å². The van der Waals surface area contributed by atoms with Gasteiger partial charge in [0.05, 0.1) is 36.7 Å². The van der Waals surface area contributed by atoms with Crippen LogP contribution in [-0.4, -0.2) is 42.3 Å². The van der Waals surface area contributed by atoms with E-state index in [0.717, 1.165) is 49.0 Å². The maximum atomic E-state index is 13.0. The highest BCUT2D eigenvalue weighted by molar-refractivity contribution is 7.17. The summed E-state index contributed by atoms with van der Waals surface area (Å²) in [6, 6.07) is 0. The number of carbonyl (C=O) groups excluding carboxylic acids is 2. The Kier molecular flexibility index (Phi) is 5.42. The standard InChI is InChI=1S/C20H25NO6S/c1-26-20(25)14-10-6-4-2-3-5-7-13(10)28-18(14)21-17(22)15-11-8-9-12(27-11)16(15)19(23)24/h11-12,15-16H,2-9H2,1H3,(H,21,22)(H,23,24)/t11-,12-,15+,16-/m1/s1. The van der Waals surface area contributed by atoms with Crippen LogP contribution in [0.2, 0.25) is 0 Å². The second-order valence-corrected chi connectivity index (χ2v) is 8.89. The Bertz CT molecular complexity index is 803. The zero-order chi connectivity index (χ0) is 19.8. The molecule has 0 spiro atoms. The number of fused-ring (bicyclic) bond motifs is 3. The third-order valence-electron chi connectivity index (χ3n) is 6.16. The van der Waals surface area contributed by atoms with Crippen LogP contribution in [0.5, 0.6) is 0 Å². The summed E-state index contributed by atoms with van der Waals surface area (Å²) in [7, 11) is 1.34. The van der Waals surface area contributed by atoms with E-state index in [0.29, 0.717) is 23.4 Å². The lowest BCUT2D eigenvalue weighted by Crippen LogP contribution is -2.41. The first-order valence-electron chi connectivity index (χ1n) is 9.93. The van der Waals surface area contributed by atoms with Crippen LogP contribution in [0, 0.1) is 11.8 Å². The van der Waals surface area contributed by atoms with Gasteiger partial charge in [-0.1, -0.05) is 12.8 Å². The molecule has 1 aliphatic carbocycles. The van der Waals surface area contributed by atoms with Gasteiger partial charge in [-0.2, -0.15) is 0 Å². The lowest BCUT2D eigenvalue weighted by atomic mass is 9.78. The fourth-order valence-electron chi connectivity index (χ4n) is 4.85. The van der Waals surface area contributed by atoms with Crippen LogP contribution in [0.4, 0.5) is 5.00 Å². The molecule has 1 aromatic rings. The van der Waals surface area contributed by atoms with E-state index < -0.39 is 29.9 Å². The van der Waals surface area contributed by atoms with E-state index in [-0.39, 0.29) is 12.0 Å². The minimum atomic E-state index is -1.00. The number of aliphatic carboxylic acids is 1. The van der Waals surface area contributed by atoms with Crippen molar-refractivity contribution in [2.45, 2.75) is 63.6 Å². The van der Waals surface area contributed by atoms with E-state index in [9.17, 15) is 19.5 Å². The summed E-state index contributed by atoms with van der Waals surface area (Å²) in [6.07, 6.45) is 6.62. The monoisotopic (exact) mass is 407 g/mol. The van der Waals surface area contributed by atoms with Crippen molar-refractivity contribution in [2.75, 3.05) is 12.4 Å². The molecular formula is C20H25NO6S. The van der Waals surface area contributed by atoms with Crippen LogP contribution in [0.3, 0.4) is 0 Å². The maximum Gasteiger partial charge on any atom is 0.341 e. The predicted octanol–water partition coefficient (Wildman–Crippen LogP) is 3.01. The number of amides is 1. The van der Waals surface area contributed by atoms with Gasteiger partial charge in [-0.3, -0.25) is 9.59 Å². The van der Waals surface area contributed by atoms with Crippen molar-refractivity contribution in [2.24, 2.45) is 11.8 Å². The Morgan fingerprint density at radius 2 is 1.75 bits per heavy atom. The van der Waals surface area contributed by atoms with Crippen LogP contribution >= 0.6 is 11.3 Å². The zero-order valence-corrected chi connectivity index (χ0v) is 16.7. The first kappa shape index (κ1) is 19.4. The number of carboxylic acid groups (broad SMARTS) is 1. The molecule has 1 aromatic heterocycles. The van der Waals surface area contributed by atoms with Crippen LogP contribution in [0.1, 0.15) is 59.3 Å². The Hall–Kier alpha value is -1.93. The summed E-state index contributed by atoms with van der Waals surface area (Å²) >= 11 is 1.42. The molecule has 152 valence electrons. The number of aryl methyl sites for hydroxylation is 1. The summed E-state index contributed by atoms with van der Waals surface area (Å²) in [5.41, 5.74) is 1.42. The predicted molar refractivity (Wildman–Crippen MR) is 103 cm³/mol. The Morgan fingerprint density at radius 3 is 2.43 bits per heavy atom. The van der Waals surface area contributed by atoms with E-state index >= 15 is 0 Å². The number of esters is 1. The van der Waals surface area contributed by atoms with Gasteiger partial charge in [0, 0.05) is 4.88 Å². The van der Waals surface area contributed by atoms with Gasteiger partial charge >= 0.3 is 11.9 Å². The average Bonchev–Trinajstić information content (AvgIpc) is 3.34. The minimum Gasteiger partial charge on any atom is -0.481 e. The van der Waals surface area contributed by atoms with Gasteiger partial charge in [-0.15, -0.1) is 11.3 Å². The molecule has 7 nitrogen and oxygen atoms in total. The number of rotatable bonds is 4. The minimum absolute atomic E-state index is 0.367. The van der Waals surface area contributed by atoms with E-state index in [1.807, 2.05) is 0 Å². The Morgan fingerprint density at radius 1 is 1.07 bits per heavy atom. The van der Waals surface area contributed by atoms with E-state index in [1.54, 1.807) is 0 Å². The van der Waals surface area contributed by atoms with Gasteiger partial charge in [-0.25, -0.2) is 4.79 Å². The van der Waals surface area contributed by atoms with Crippen LogP contribution in [0.15, 0.2) is 0 Å². The van der Waals surface area contributed by atoms with Gasteiger partial charge in [-0.05, 0) is 44.1 Å². The topological polar surface area (TPSA) is 102 Å². The van der Waals surface area contributed by atoms with Gasteiger partial charge < -0.3 is 19.9 Å². The molecule has 2 fully saturated rings. The highest BCUT2D eigenvalue weighted by Gasteiger charge is 2.55. The molecule has 4 rings (SSSR count). The number of thiophene rings is 1. The summed E-state index contributed by atoms with van der Waals surface area (Å²) in [6.45, 7) is 0. The molecule has 8 heteroatoms. The van der Waals surface area contributed by atoms with E-state index in [4.69, 9.17) is 9.47 Å². The molecule has 0 radical (unpaired) electrons. The summed E-state index contributed by atoms with van der Waals surface area (Å²) in [5.74, 6) is -3.39. The SMILES string of the molecule is COC(=O)c1c(NC(=O)[C@@H]2[C@H](C(=O)O)[C@H]3CC[C@H]2O3)sc2c1CCCCCC2. The number of hydrogen-bond donors (Lipinski definition) is 2. The lowest BCUT2D eigenvalue weighted by Gasteiger charge is -2.23. The molecule has 0 unspecified atom stereocenters. The number of ether oxygens (including phenoxy) is 2. The quantitative estimate of drug-likeness (QED) is 0.744. The molecule has 2 bridgehead atoms. The largest absolute Gasteiger partial charge is 0.481 e. The molecule has 0 saturated carbocycles. The third kappa shape index (κ3) is 3.33. The second-order valence-electron chi connectivity index (χ2n) is 7.78. The Balaban J connectivity index is 1.63. The normalized spacial score (nSPS) is 28.9. The fraction of sp³-hybridized carbons (Fsp3) is 0.650. The van der Waals surface area contributed by atoms with Crippen molar-refractivity contribution < 1.29 is 29.0 Å². The number of nitrogens with one attached hydrogen (secondary N) is 1. The fourth-order valence-corrected chi connectivity index (χ4v) is 6.13. The second kappa shape index (κ2) is 7.83. The van der Waals surface area contributed by atoms with Crippen molar-refractivity contribution in [3.05, 3.63) is 16.0 Å². The van der Waals surface area contributed by atoms with Crippen LogP contribution < -0.4 is 5.32 Å². The highest BCUT2D eigenvalue weighted by atomic mass is 32.1. The van der Waals surface area contributed by atoms with Crippen molar-refractivity contribution in [1.29, 1.82) is 0 Å². The molecule has 28 heavy (non-hydrogen) atoms. The molecule has 2 saturated heterocycles. The Labute approximate surface area is 167 Å². The molecular weight excluding hydrogens is 382 g/mol. The molecule has 1 amide bonds. The lowest BCUT2D eigenvalue weighted by molar-refractivity contribution is -0.147. The van der Waals surface area contributed by atoms with Crippen molar-refractivity contribution >= 4 is 34.2 Å². The van der Waals surface area contributed by atoms with Gasteiger partial charge in [0.2, 0.25) is 5.91 Å². The number of carboxylic acids is 1. The molecule has 3 aliphatic rings. The molecule has 4 atom stereocenters. The number of anilines is 1. The number of carbonyl (C=O) groups is 3. The molecule has 3 heterocycles. The summed E-state index contributed by atoms with van der Waals surface area (Å²) in [5, 5.41) is 12.9. The van der Waals surface area contributed by atoms with Gasteiger partial charge in [0.1, 0.15) is 5.00 Å². The molecule has 2 aliphatic heterocycles. The van der Waals surface area contributed by atoms with Crippen molar-refractivity contribution in [1.82, 2.24) is 0 Å². The smallest absolute Gasteiger partial charge is 0.341 e. The van der Waals surface area contributed by atoms with Crippen LogP contribution in [-0.2, 0) is 31.9 Å². The summed E-state index contributed by atoms with van der Waals surface area (Å²) in [4.78, 5) is 38.3. The van der Waals surface area contributed by atoms with Gasteiger partial charge in [0.15, 0.2) is 0 Å². The maximum absolute atomic E-state index is 13.0. The zero-order valence-electron chi connectivity index (χ0n) is 15.9. The average molecular weight is 407 g/mol. The number of hydrogen-bond acceptors (Lipinski definition) is 6. The first-order chi connectivity index (χ1) is 13.5. The molecule has 0 aromatic carbocycles. The van der Waals surface area contributed by atoms with Gasteiger partial charge in [0.25, 0.3) is 0 Å². The molecule has 2 N–H and O–H groups in total. The third-order valence-corrected chi connectivity index (χ3v) is 7.37. The van der Waals surface area contributed by atoms with E-state index in [1.165, 1.54) is 18.4 Å². The first-order valence-corrected chi connectivity index (χ1v) is 10.7. The summed E-state index contributed by atoms with van der Waals surface area (Å²) < 4.78 is 10.7. The van der Waals surface area contributed by atoms with Crippen molar-refractivity contribution in [3.8, 4) is 0 Å². The van der Waals surface area contributed by atoms with E-state index in [2.05, 4.69) is 5.32 Å². The highest BCUT2D eigenvalue weighted by Crippen LogP contribution is 2.45. The van der Waals surface area contributed by atoms with Crippen molar-refractivity contribution in [3.63, 3.8) is 0 Å². The number of methoxy groups -OCH3 is 1.